The van der Waals surface area contributed by atoms with E-state index in [9.17, 15) is 9.90 Å². The zero-order chi connectivity index (χ0) is 16.9. The van der Waals surface area contributed by atoms with Gasteiger partial charge in [0.15, 0.2) is 0 Å². The third-order valence-electron chi connectivity index (χ3n) is 4.18. The fourth-order valence-electron chi connectivity index (χ4n) is 2.88. The van der Waals surface area contributed by atoms with Crippen molar-refractivity contribution in [2.45, 2.75) is 25.5 Å². The molecule has 1 unspecified atom stereocenters. The van der Waals surface area contributed by atoms with Crippen LogP contribution in [-0.4, -0.2) is 35.2 Å². The van der Waals surface area contributed by atoms with Crippen LogP contribution in [-0.2, 0) is 11.3 Å². The van der Waals surface area contributed by atoms with Crippen molar-refractivity contribution >= 4 is 17.5 Å². The number of carbonyl (C=O) groups excluding carboxylic acids is 1. The molecule has 2 aromatic rings. The van der Waals surface area contributed by atoms with E-state index in [0.29, 0.717) is 23.7 Å². The lowest BCUT2D eigenvalue weighted by Crippen LogP contribution is -2.37. The standard InChI is InChI=1S/C19H20ClNO3/c20-16-9-7-14(8-10-16)19(23)21(13-17-5-3-11-24-17)12-15-4-1-2-6-18(15)22/h1-2,4,6-10,17,22H,3,5,11-13H2. The van der Waals surface area contributed by atoms with E-state index < -0.39 is 0 Å². The number of phenolic OH excluding ortho intramolecular Hbond substituents is 1. The summed E-state index contributed by atoms with van der Waals surface area (Å²) in [6.07, 6.45) is 2.02. The molecule has 0 radical (unpaired) electrons. The maximum Gasteiger partial charge on any atom is 0.254 e. The van der Waals surface area contributed by atoms with Crippen LogP contribution in [0.1, 0.15) is 28.8 Å². The third-order valence-corrected chi connectivity index (χ3v) is 4.43. The van der Waals surface area contributed by atoms with Crippen molar-refractivity contribution in [2.24, 2.45) is 0 Å². The molecule has 1 aliphatic heterocycles. The van der Waals surface area contributed by atoms with Crippen molar-refractivity contribution in [1.29, 1.82) is 0 Å². The molecule has 5 heteroatoms. The Morgan fingerprint density at radius 2 is 1.96 bits per heavy atom. The summed E-state index contributed by atoms with van der Waals surface area (Å²) in [5, 5.41) is 10.6. The van der Waals surface area contributed by atoms with Crippen LogP contribution >= 0.6 is 11.6 Å². The number of hydrogen-bond acceptors (Lipinski definition) is 3. The first-order valence-corrected chi connectivity index (χ1v) is 8.44. The minimum atomic E-state index is -0.0922. The number of halogens is 1. The van der Waals surface area contributed by atoms with Crippen molar-refractivity contribution in [3.63, 3.8) is 0 Å². The Morgan fingerprint density at radius 3 is 2.62 bits per heavy atom. The van der Waals surface area contributed by atoms with Gasteiger partial charge in [-0.25, -0.2) is 0 Å². The average molecular weight is 346 g/mol. The molecule has 1 fully saturated rings. The van der Waals surface area contributed by atoms with Crippen LogP contribution in [0.15, 0.2) is 48.5 Å². The lowest BCUT2D eigenvalue weighted by atomic mass is 10.1. The lowest BCUT2D eigenvalue weighted by Gasteiger charge is -2.26. The lowest BCUT2D eigenvalue weighted by molar-refractivity contribution is 0.0506. The number of aromatic hydroxyl groups is 1. The van der Waals surface area contributed by atoms with E-state index in [4.69, 9.17) is 16.3 Å². The number of rotatable bonds is 5. The number of benzene rings is 2. The predicted molar refractivity (Wildman–Crippen MR) is 93.3 cm³/mol. The fraction of sp³-hybridized carbons (Fsp3) is 0.316. The van der Waals surface area contributed by atoms with Crippen LogP contribution in [0.4, 0.5) is 0 Å². The maximum absolute atomic E-state index is 12.9. The second kappa shape index (κ2) is 7.69. The summed E-state index contributed by atoms with van der Waals surface area (Å²) < 4.78 is 5.68. The van der Waals surface area contributed by atoms with E-state index in [1.807, 2.05) is 12.1 Å². The molecule has 4 nitrogen and oxygen atoms in total. The molecule has 0 saturated carbocycles. The molecule has 3 rings (SSSR count). The largest absolute Gasteiger partial charge is 0.508 e. The minimum absolute atomic E-state index is 0.0482. The van der Waals surface area contributed by atoms with Crippen LogP contribution < -0.4 is 0 Å². The number of ether oxygens (including phenoxy) is 1. The highest BCUT2D eigenvalue weighted by Gasteiger charge is 2.24. The third kappa shape index (κ3) is 4.08. The second-order valence-electron chi connectivity index (χ2n) is 5.96. The zero-order valence-corrected chi connectivity index (χ0v) is 14.1. The van der Waals surface area contributed by atoms with E-state index in [-0.39, 0.29) is 17.8 Å². The van der Waals surface area contributed by atoms with Gasteiger partial charge >= 0.3 is 0 Å². The minimum Gasteiger partial charge on any atom is -0.508 e. The quantitative estimate of drug-likeness (QED) is 0.895. The fourth-order valence-corrected chi connectivity index (χ4v) is 3.00. The molecule has 1 atom stereocenters. The molecule has 2 aromatic carbocycles. The van der Waals surface area contributed by atoms with Crippen molar-refractivity contribution in [3.05, 3.63) is 64.7 Å². The van der Waals surface area contributed by atoms with Gasteiger partial charge in [0, 0.05) is 35.8 Å². The SMILES string of the molecule is O=C(c1ccc(Cl)cc1)N(Cc1ccccc1O)CC1CCCO1. The van der Waals surface area contributed by atoms with Gasteiger partial charge in [-0.15, -0.1) is 0 Å². The molecule has 1 amide bonds. The zero-order valence-electron chi connectivity index (χ0n) is 13.3. The van der Waals surface area contributed by atoms with Crippen LogP contribution in [0, 0.1) is 0 Å². The van der Waals surface area contributed by atoms with Gasteiger partial charge < -0.3 is 14.7 Å². The average Bonchev–Trinajstić information content (AvgIpc) is 3.09. The number of para-hydroxylation sites is 1. The van der Waals surface area contributed by atoms with Gasteiger partial charge in [-0.2, -0.15) is 0 Å². The normalized spacial score (nSPS) is 17.0. The summed E-state index contributed by atoms with van der Waals surface area (Å²) in [5.41, 5.74) is 1.30. The van der Waals surface area contributed by atoms with Crippen molar-refractivity contribution in [3.8, 4) is 5.75 Å². The van der Waals surface area contributed by atoms with E-state index in [2.05, 4.69) is 0 Å². The number of amides is 1. The molecule has 1 aliphatic rings. The number of phenols is 1. The molecular weight excluding hydrogens is 326 g/mol. The maximum atomic E-state index is 12.9. The van der Waals surface area contributed by atoms with Gasteiger partial charge in [0.05, 0.1) is 6.10 Å². The van der Waals surface area contributed by atoms with Gasteiger partial charge in [-0.05, 0) is 43.2 Å². The van der Waals surface area contributed by atoms with Crippen LogP contribution in [0.25, 0.3) is 0 Å². The van der Waals surface area contributed by atoms with E-state index >= 15 is 0 Å². The molecule has 1 heterocycles. The molecule has 0 aliphatic carbocycles. The summed E-state index contributed by atoms with van der Waals surface area (Å²) in [4.78, 5) is 14.6. The number of nitrogens with zero attached hydrogens (tertiary/aromatic N) is 1. The Kier molecular flexibility index (Phi) is 5.38. The summed E-state index contributed by atoms with van der Waals surface area (Å²) in [6, 6.07) is 13.9. The van der Waals surface area contributed by atoms with E-state index in [1.54, 1.807) is 41.3 Å². The van der Waals surface area contributed by atoms with Gasteiger partial charge in [0.2, 0.25) is 0 Å². The van der Waals surface area contributed by atoms with Crippen molar-refractivity contribution in [1.82, 2.24) is 4.90 Å². The Morgan fingerprint density at radius 1 is 1.21 bits per heavy atom. The molecule has 0 bridgehead atoms. The topological polar surface area (TPSA) is 49.8 Å². The molecule has 126 valence electrons. The second-order valence-corrected chi connectivity index (χ2v) is 6.39. The van der Waals surface area contributed by atoms with Gasteiger partial charge in [0.1, 0.15) is 5.75 Å². The molecule has 1 N–H and O–H groups in total. The molecular formula is C19H20ClNO3. The Labute approximate surface area is 146 Å². The Bertz CT molecular complexity index is 696. The van der Waals surface area contributed by atoms with Crippen molar-refractivity contribution < 1.29 is 14.6 Å². The molecule has 0 spiro atoms. The van der Waals surface area contributed by atoms with Gasteiger partial charge in [0.25, 0.3) is 5.91 Å². The monoisotopic (exact) mass is 345 g/mol. The van der Waals surface area contributed by atoms with Crippen LogP contribution in [0.2, 0.25) is 5.02 Å². The van der Waals surface area contributed by atoms with Crippen LogP contribution in [0.5, 0.6) is 5.75 Å². The highest BCUT2D eigenvalue weighted by atomic mass is 35.5. The van der Waals surface area contributed by atoms with Crippen LogP contribution in [0.3, 0.4) is 0 Å². The Hall–Kier alpha value is -2.04. The predicted octanol–water partition coefficient (Wildman–Crippen LogP) is 3.87. The highest BCUT2D eigenvalue weighted by Crippen LogP contribution is 2.22. The van der Waals surface area contributed by atoms with E-state index in [1.165, 1.54) is 0 Å². The molecule has 0 aromatic heterocycles. The van der Waals surface area contributed by atoms with E-state index in [0.717, 1.165) is 25.0 Å². The smallest absolute Gasteiger partial charge is 0.254 e. The van der Waals surface area contributed by atoms with Crippen molar-refractivity contribution in [2.75, 3.05) is 13.2 Å². The summed E-state index contributed by atoms with van der Waals surface area (Å²) >= 11 is 5.91. The first kappa shape index (κ1) is 16.8. The molecule has 24 heavy (non-hydrogen) atoms. The Balaban J connectivity index is 1.81. The summed E-state index contributed by atoms with van der Waals surface area (Å²) in [7, 11) is 0. The highest BCUT2D eigenvalue weighted by molar-refractivity contribution is 6.30. The summed E-state index contributed by atoms with van der Waals surface area (Å²) in [6.45, 7) is 1.59. The number of hydrogen-bond donors (Lipinski definition) is 1. The van der Waals surface area contributed by atoms with Gasteiger partial charge in [-0.3, -0.25) is 4.79 Å². The first-order valence-electron chi connectivity index (χ1n) is 8.07. The molecule has 1 saturated heterocycles. The first-order chi connectivity index (χ1) is 11.6. The van der Waals surface area contributed by atoms with Gasteiger partial charge in [-0.1, -0.05) is 29.8 Å². The number of carbonyl (C=O) groups is 1. The summed E-state index contributed by atoms with van der Waals surface area (Å²) in [5.74, 6) is 0.101.